The van der Waals surface area contributed by atoms with Crippen molar-refractivity contribution in [2.75, 3.05) is 6.54 Å². The van der Waals surface area contributed by atoms with Crippen LogP contribution in [-0.4, -0.2) is 26.6 Å². The van der Waals surface area contributed by atoms with Crippen LogP contribution >= 0.6 is 0 Å². The van der Waals surface area contributed by atoms with E-state index in [4.69, 9.17) is 4.42 Å². The Morgan fingerprint density at radius 1 is 1.26 bits per heavy atom. The SMILES string of the molecule is Cc1cc(C)cc(-n2ncc(CNCC(O)c3ccco3)n2)c1. The van der Waals surface area contributed by atoms with E-state index in [1.807, 2.05) is 12.1 Å². The van der Waals surface area contributed by atoms with Gasteiger partial charge >= 0.3 is 0 Å². The van der Waals surface area contributed by atoms with E-state index in [0.717, 1.165) is 11.4 Å². The number of aliphatic hydroxyl groups excluding tert-OH is 1. The van der Waals surface area contributed by atoms with Gasteiger partial charge in [-0.05, 0) is 49.2 Å². The number of hydrogen-bond donors (Lipinski definition) is 2. The Kier molecular flexibility index (Phi) is 4.55. The average Bonchev–Trinajstić information content (AvgIpc) is 3.18. The Morgan fingerprint density at radius 3 is 2.74 bits per heavy atom. The number of aryl methyl sites for hydroxylation is 2. The minimum Gasteiger partial charge on any atom is -0.467 e. The second-order valence-corrected chi connectivity index (χ2v) is 5.63. The Hall–Kier alpha value is -2.44. The van der Waals surface area contributed by atoms with Gasteiger partial charge < -0.3 is 14.8 Å². The predicted molar refractivity (Wildman–Crippen MR) is 86.2 cm³/mol. The summed E-state index contributed by atoms with van der Waals surface area (Å²) >= 11 is 0. The molecule has 3 rings (SSSR count). The molecule has 1 aromatic carbocycles. The maximum Gasteiger partial charge on any atom is 0.133 e. The minimum atomic E-state index is -0.667. The molecule has 0 saturated carbocycles. The van der Waals surface area contributed by atoms with Crippen LogP contribution in [0.2, 0.25) is 0 Å². The van der Waals surface area contributed by atoms with Gasteiger partial charge in [-0.1, -0.05) is 6.07 Å². The van der Waals surface area contributed by atoms with E-state index in [2.05, 4.69) is 35.4 Å². The summed E-state index contributed by atoms with van der Waals surface area (Å²) in [5.74, 6) is 0.552. The van der Waals surface area contributed by atoms with Crippen LogP contribution < -0.4 is 5.32 Å². The summed E-state index contributed by atoms with van der Waals surface area (Å²) in [7, 11) is 0. The molecule has 1 atom stereocenters. The Labute approximate surface area is 134 Å². The minimum absolute atomic E-state index is 0.393. The smallest absolute Gasteiger partial charge is 0.133 e. The van der Waals surface area contributed by atoms with Crippen LogP contribution in [0.3, 0.4) is 0 Å². The number of aromatic nitrogens is 3. The van der Waals surface area contributed by atoms with Crippen molar-refractivity contribution in [1.82, 2.24) is 20.3 Å². The maximum absolute atomic E-state index is 9.93. The van der Waals surface area contributed by atoms with Crippen molar-refractivity contribution in [1.29, 1.82) is 0 Å². The van der Waals surface area contributed by atoms with E-state index in [0.29, 0.717) is 18.8 Å². The van der Waals surface area contributed by atoms with Crippen molar-refractivity contribution in [3.05, 3.63) is 65.4 Å². The van der Waals surface area contributed by atoms with Crippen molar-refractivity contribution in [2.24, 2.45) is 0 Å². The number of nitrogens with zero attached hydrogens (tertiary/aromatic N) is 3. The van der Waals surface area contributed by atoms with Gasteiger partial charge in [0.1, 0.15) is 11.9 Å². The third-order valence-electron chi connectivity index (χ3n) is 3.49. The molecule has 0 amide bonds. The average molecular weight is 312 g/mol. The van der Waals surface area contributed by atoms with Gasteiger partial charge in [0, 0.05) is 13.1 Å². The molecule has 2 aromatic heterocycles. The Morgan fingerprint density at radius 2 is 2.04 bits per heavy atom. The van der Waals surface area contributed by atoms with Gasteiger partial charge in [0.25, 0.3) is 0 Å². The van der Waals surface area contributed by atoms with Gasteiger partial charge in [-0.25, -0.2) is 0 Å². The fraction of sp³-hybridized carbons (Fsp3) is 0.294. The molecule has 3 aromatic rings. The van der Waals surface area contributed by atoms with Crippen molar-refractivity contribution in [3.63, 3.8) is 0 Å². The van der Waals surface area contributed by atoms with Gasteiger partial charge in [0.15, 0.2) is 0 Å². The second-order valence-electron chi connectivity index (χ2n) is 5.63. The molecule has 0 spiro atoms. The highest BCUT2D eigenvalue weighted by atomic mass is 16.4. The molecule has 0 radical (unpaired) electrons. The van der Waals surface area contributed by atoms with E-state index in [1.165, 1.54) is 11.1 Å². The number of hydrogen-bond acceptors (Lipinski definition) is 5. The van der Waals surface area contributed by atoms with Gasteiger partial charge in [-0.15, -0.1) is 0 Å². The van der Waals surface area contributed by atoms with Crippen LogP contribution in [-0.2, 0) is 6.54 Å². The molecule has 23 heavy (non-hydrogen) atoms. The number of aliphatic hydroxyl groups is 1. The van der Waals surface area contributed by atoms with E-state index in [9.17, 15) is 5.11 Å². The van der Waals surface area contributed by atoms with E-state index in [-0.39, 0.29) is 0 Å². The van der Waals surface area contributed by atoms with Crippen LogP contribution in [0.5, 0.6) is 0 Å². The highest BCUT2D eigenvalue weighted by Crippen LogP contribution is 2.13. The normalized spacial score (nSPS) is 12.5. The zero-order valence-electron chi connectivity index (χ0n) is 13.2. The van der Waals surface area contributed by atoms with Crippen molar-refractivity contribution >= 4 is 0 Å². The molecule has 6 heteroatoms. The van der Waals surface area contributed by atoms with Gasteiger partial charge in [0.05, 0.1) is 23.8 Å². The first-order valence-corrected chi connectivity index (χ1v) is 7.54. The quantitative estimate of drug-likeness (QED) is 0.730. The molecule has 0 aliphatic carbocycles. The summed E-state index contributed by atoms with van der Waals surface area (Å²) in [5, 5.41) is 21.8. The van der Waals surface area contributed by atoms with Crippen LogP contribution in [0.25, 0.3) is 5.69 Å². The molecule has 0 aliphatic rings. The lowest BCUT2D eigenvalue weighted by atomic mass is 10.1. The molecule has 2 heterocycles. The van der Waals surface area contributed by atoms with Crippen LogP contribution in [0, 0.1) is 13.8 Å². The molecule has 120 valence electrons. The molecule has 0 saturated heterocycles. The lowest BCUT2D eigenvalue weighted by Crippen LogP contribution is -2.21. The van der Waals surface area contributed by atoms with E-state index < -0.39 is 6.10 Å². The zero-order chi connectivity index (χ0) is 16.2. The van der Waals surface area contributed by atoms with Gasteiger partial charge in [-0.2, -0.15) is 15.0 Å². The lowest BCUT2D eigenvalue weighted by molar-refractivity contribution is 0.147. The number of furan rings is 1. The van der Waals surface area contributed by atoms with Crippen molar-refractivity contribution in [2.45, 2.75) is 26.5 Å². The molecular formula is C17H20N4O2. The molecule has 2 N–H and O–H groups in total. The second kappa shape index (κ2) is 6.76. The highest BCUT2D eigenvalue weighted by molar-refractivity contribution is 5.37. The molecule has 6 nitrogen and oxygen atoms in total. The first-order chi connectivity index (χ1) is 11.1. The molecule has 0 aliphatic heterocycles. The maximum atomic E-state index is 9.93. The summed E-state index contributed by atoms with van der Waals surface area (Å²) in [6.07, 6.45) is 2.61. The third kappa shape index (κ3) is 3.85. The summed E-state index contributed by atoms with van der Waals surface area (Å²) in [6.45, 7) is 5.03. The van der Waals surface area contributed by atoms with E-state index in [1.54, 1.807) is 29.4 Å². The van der Waals surface area contributed by atoms with Crippen molar-refractivity contribution < 1.29 is 9.52 Å². The Bertz CT molecular complexity index is 745. The summed E-state index contributed by atoms with van der Waals surface area (Å²) in [6, 6.07) is 9.72. The van der Waals surface area contributed by atoms with Gasteiger partial charge in [0.2, 0.25) is 0 Å². The first kappa shape index (κ1) is 15.5. The molecular weight excluding hydrogens is 292 g/mol. The summed E-state index contributed by atoms with van der Waals surface area (Å²) in [4.78, 5) is 1.62. The highest BCUT2D eigenvalue weighted by Gasteiger charge is 2.10. The molecule has 0 bridgehead atoms. The fourth-order valence-electron chi connectivity index (χ4n) is 2.48. The standard InChI is InChI=1S/C17H20N4O2/c1-12-6-13(2)8-15(7-12)21-19-10-14(20-21)9-18-11-16(22)17-4-3-5-23-17/h3-8,10,16,18,22H,9,11H2,1-2H3. The Balaban J connectivity index is 1.59. The number of rotatable bonds is 6. The largest absolute Gasteiger partial charge is 0.467 e. The van der Waals surface area contributed by atoms with Crippen LogP contribution in [0.15, 0.2) is 47.2 Å². The predicted octanol–water partition coefficient (Wildman–Crippen LogP) is 2.30. The number of nitrogens with one attached hydrogen (secondary N) is 1. The topological polar surface area (TPSA) is 76.1 Å². The molecule has 1 unspecified atom stereocenters. The summed E-state index contributed by atoms with van der Waals surface area (Å²) < 4.78 is 5.16. The zero-order valence-corrected chi connectivity index (χ0v) is 13.2. The van der Waals surface area contributed by atoms with Crippen LogP contribution in [0.4, 0.5) is 0 Å². The first-order valence-electron chi connectivity index (χ1n) is 7.54. The lowest BCUT2D eigenvalue weighted by Gasteiger charge is -2.08. The third-order valence-corrected chi connectivity index (χ3v) is 3.49. The number of benzene rings is 1. The van der Waals surface area contributed by atoms with Crippen molar-refractivity contribution in [3.8, 4) is 5.69 Å². The monoisotopic (exact) mass is 312 g/mol. The molecule has 0 fully saturated rings. The van der Waals surface area contributed by atoms with E-state index >= 15 is 0 Å². The summed E-state index contributed by atoms with van der Waals surface area (Å²) in [5.41, 5.74) is 4.12. The van der Waals surface area contributed by atoms with Gasteiger partial charge in [-0.3, -0.25) is 0 Å². The van der Waals surface area contributed by atoms with Crippen LogP contribution in [0.1, 0.15) is 28.7 Å². The fourth-order valence-corrected chi connectivity index (χ4v) is 2.48.